The monoisotopic (exact) mass is 327 g/mol. The topological polar surface area (TPSA) is 104 Å². The summed E-state index contributed by atoms with van der Waals surface area (Å²) >= 11 is 0.837. The highest BCUT2D eigenvalue weighted by Crippen LogP contribution is 2.31. The standard InChI is InChI=1S/C13H13NO5S2/c1-7-3-4-9(8(2)11(7)15)14-21(18,19)10-5-6-20-12(10)13(16)17/h3-6,14-15H,1-2H3,(H,16,17). The number of anilines is 1. The summed E-state index contributed by atoms with van der Waals surface area (Å²) in [5, 5.41) is 20.2. The van der Waals surface area contributed by atoms with E-state index in [1.165, 1.54) is 17.5 Å². The van der Waals surface area contributed by atoms with Crippen molar-refractivity contribution in [1.82, 2.24) is 0 Å². The molecule has 2 rings (SSSR count). The Morgan fingerprint density at radius 3 is 2.52 bits per heavy atom. The molecule has 3 N–H and O–H groups in total. The lowest BCUT2D eigenvalue weighted by Crippen LogP contribution is -2.15. The van der Waals surface area contributed by atoms with E-state index in [-0.39, 0.29) is 21.2 Å². The second kappa shape index (κ2) is 5.38. The van der Waals surface area contributed by atoms with Gasteiger partial charge in [-0.05, 0) is 36.9 Å². The van der Waals surface area contributed by atoms with Crippen LogP contribution < -0.4 is 4.72 Å². The summed E-state index contributed by atoms with van der Waals surface area (Å²) in [6, 6.07) is 4.33. The first-order valence-electron chi connectivity index (χ1n) is 5.87. The fraction of sp³-hybridized carbons (Fsp3) is 0.154. The number of sulfonamides is 1. The molecule has 0 aliphatic carbocycles. The van der Waals surface area contributed by atoms with Crippen LogP contribution >= 0.6 is 11.3 Å². The second-order valence-electron chi connectivity index (χ2n) is 4.43. The maximum absolute atomic E-state index is 12.3. The van der Waals surface area contributed by atoms with Gasteiger partial charge in [-0.3, -0.25) is 4.72 Å². The molecule has 0 spiro atoms. The van der Waals surface area contributed by atoms with Gasteiger partial charge < -0.3 is 10.2 Å². The fourth-order valence-electron chi connectivity index (χ4n) is 1.81. The van der Waals surface area contributed by atoms with Gasteiger partial charge in [0.15, 0.2) is 0 Å². The van der Waals surface area contributed by atoms with Gasteiger partial charge in [-0.2, -0.15) is 0 Å². The molecule has 0 saturated heterocycles. The van der Waals surface area contributed by atoms with E-state index in [0.717, 1.165) is 11.3 Å². The van der Waals surface area contributed by atoms with Crippen molar-refractivity contribution in [2.45, 2.75) is 18.7 Å². The molecular formula is C13H13NO5S2. The minimum absolute atomic E-state index is 0.000948. The summed E-state index contributed by atoms with van der Waals surface area (Å²) in [4.78, 5) is 10.5. The first kappa shape index (κ1) is 15.3. The third kappa shape index (κ3) is 2.86. The average Bonchev–Trinajstić information content (AvgIpc) is 2.90. The van der Waals surface area contributed by atoms with Crippen molar-refractivity contribution in [3.63, 3.8) is 0 Å². The van der Waals surface area contributed by atoms with Crippen molar-refractivity contribution in [3.8, 4) is 5.75 Å². The number of phenolic OH excluding ortho intramolecular Hbond substituents is 1. The van der Waals surface area contributed by atoms with Gasteiger partial charge in [0.25, 0.3) is 10.0 Å². The number of carbonyl (C=O) groups is 1. The number of aromatic hydroxyl groups is 1. The van der Waals surface area contributed by atoms with Gasteiger partial charge in [0.1, 0.15) is 15.5 Å². The number of carboxylic acid groups (broad SMARTS) is 1. The van der Waals surface area contributed by atoms with E-state index in [0.29, 0.717) is 11.1 Å². The summed E-state index contributed by atoms with van der Waals surface area (Å²) in [6.07, 6.45) is 0. The molecule has 0 fully saturated rings. The summed E-state index contributed by atoms with van der Waals surface area (Å²) in [5.74, 6) is -1.30. The third-order valence-corrected chi connectivity index (χ3v) is 5.43. The van der Waals surface area contributed by atoms with Crippen LogP contribution in [0.5, 0.6) is 5.75 Å². The minimum atomic E-state index is -4.03. The SMILES string of the molecule is Cc1ccc(NS(=O)(=O)c2ccsc2C(=O)O)c(C)c1O. The van der Waals surface area contributed by atoms with E-state index in [4.69, 9.17) is 5.11 Å². The molecule has 0 aliphatic heterocycles. The predicted octanol–water partition coefficient (Wildman–Crippen LogP) is 2.57. The maximum Gasteiger partial charge on any atom is 0.347 e. The number of rotatable bonds is 4. The molecule has 0 unspecified atom stereocenters. The van der Waals surface area contributed by atoms with Gasteiger partial charge in [0, 0.05) is 5.56 Å². The number of nitrogens with one attached hydrogen (secondary N) is 1. The molecule has 2 aromatic rings. The smallest absolute Gasteiger partial charge is 0.347 e. The van der Waals surface area contributed by atoms with E-state index < -0.39 is 16.0 Å². The Bertz CT molecular complexity index is 808. The molecule has 0 saturated carbocycles. The quantitative estimate of drug-likeness (QED) is 0.800. The predicted molar refractivity (Wildman–Crippen MR) is 79.7 cm³/mol. The highest BCUT2D eigenvalue weighted by atomic mass is 32.2. The Morgan fingerprint density at radius 2 is 1.90 bits per heavy atom. The van der Waals surface area contributed by atoms with Crippen molar-refractivity contribution >= 4 is 33.0 Å². The third-order valence-electron chi connectivity index (χ3n) is 2.99. The van der Waals surface area contributed by atoms with Crippen LogP contribution in [0, 0.1) is 13.8 Å². The van der Waals surface area contributed by atoms with E-state index in [1.54, 1.807) is 19.9 Å². The van der Waals surface area contributed by atoms with Crippen LogP contribution in [0.3, 0.4) is 0 Å². The normalized spacial score (nSPS) is 11.3. The molecule has 0 amide bonds. The number of phenols is 1. The maximum atomic E-state index is 12.3. The van der Waals surface area contributed by atoms with Crippen LogP contribution in [-0.4, -0.2) is 24.6 Å². The molecule has 112 valence electrons. The average molecular weight is 327 g/mol. The lowest BCUT2D eigenvalue weighted by atomic mass is 10.1. The molecule has 0 radical (unpaired) electrons. The Kier molecular flexibility index (Phi) is 3.93. The number of thiophene rings is 1. The van der Waals surface area contributed by atoms with Gasteiger partial charge in [-0.1, -0.05) is 6.07 Å². The largest absolute Gasteiger partial charge is 0.507 e. The Morgan fingerprint density at radius 1 is 1.24 bits per heavy atom. The second-order valence-corrected chi connectivity index (χ2v) is 7.00. The summed E-state index contributed by atoms with van der Waals surface area (Å²) < 4.78 is 26.9. The molecule has 8 heteroatoms. The van der Waals surface area contributed by atoms with Crippen LogP contribution in [0.1, 0.15) is 20.8 Å². The Balaban J connectivity index is 2.45. The van der Waals surface area contributed by atoms with Crippen molar-refractivity contribution in [2.75, 3.05) is 4.72 Å². The fourth-order valence-corrected chi connectivity index (χ4v) is 4.19. The zero-order valence-corrected chi connectivity index (χ0v) is 12.9. The molecule has 0 atom stereocenters. The highest BCUT2D eigenvalue weighted by molar-refractivity contribution is 7.93. The van der Waals surface area contributed by atoms with E-state index in [1.807, 2.05) is 0 Å². The molecule has 6 nitrogen and oxygen atoms in total. The zero-order chi connectivity index (χ0) is 15.8. The zero-order valence-electron chi connectivity index (χ0n) is 11.2. The first-order chi connectivity index (χ1) is 9.74. The van der Waals surface area contributed by atoms with Crippen LogP contribution in [-0.2, 0) is 10.0 Å². The molecule has 1 heterocycles. The van der Waals surface area contributed by atoms with Crippen LogP contribution in [0.4, 0.5) is 5.69 Å². The molecule has 0 aliphatic rings. The van der Waals surface area contributed by atoms with Crippen molar-refractivity contribution in [2.24, 2.45) is 0 Å². The van der Waals surface area contributed by atoms with Crippen LogP contribution in [0.2, 0.25) is 0 Å². The van der Waals surface area contributed by atoms with Gasteiger partial charge in [-0.15, -0.1) is 11.3 Å². The number of hydrogen-bond donors (Lipinski definition) is 3. The Labute approximate surface area is 125 Å². The molecule has 0 bridgehead atoms. The molecule has 1 aromatic carbocycles. The summed E-state index contributed by atoms with van der Waals surface area (Å²) in [6.45, 7) is 3.27. The van der Waals surface area contributed by atoms with Crippen LogP contribution in [0.15, 0.2) is 28.5 Å². The van der Waals surface area contributed by atoms with Gasteiger partial charge >= 0.3 is 5.97 Å². The van der Waals surface area contributed by atoms with Gasteiger partial charge in [0.05, 0.1) is 5.69 Å². The number of benzene rings is 1. The van der Waals surface area contributed by atoms with E-state index in [9.17, 15) is 18.3 Å². The number of hydrogen-bond acceptors (Lipinski definition) is 5. The first-order valence-corrected chi connectivity index (χ1v) is 8.23. The number of carboxylic acids is 1. The van der Waals surface area contributed by atoms with Gasteiger partial charge in [0.2, 0.25) is 0 Å². The van der Waals surface area contributed by atoms with Crippen LogP contribution in [0.25, 0.3) is 0 Å². The molecular weight excluding hydrogens is 314 g/mol. The van der Waals surface area contributed by atoms with Gasteiger partial charge in [-0.25, -0.2) is 13.2 Å². The van der Waals surface area contributed by atoms with Crippen molar-refractivity contribution in [1.29, 1.82) is 0 Å². The Hall–Kier alpha value is -2.06. The molecule has 21 heavy (non-hydrogen) atoms. The summed E-state index contributed by atoms with van der Waals surface area (Å²) in [5.41, 5.74) is 1.21. The minimum Gasteiger partial charge on any atom is -0.507 e. The van der Waals surface area contributed by atoms with Crippen molar-refractivity contribution in [3.05, 3.63) is 39.6 Å². The molecule has 1 aromatic heterocycles. The number of aryl methyl sites for hydroxylation is 1. The van der Waals surface area contributed by atoms with Crippen molar-refractivity contribution < 1.29 is 23.4 Å². The highest BCUT2D eigenvalue weighted by Gasteiger charge is 2.24. The summed E-state index contributed by atoms with van der Waals surface area (Å²) in [7, 11) is -4.03. The number of aromatic carboxylic acids is 1. The van der Waals surface area contributed by atoms with E-state index >= 15 is 0 Å². The lowest BCUT2D eigenvalue weighted by Gasteiger charge is -2.12. The lowest BCUT2D eigenvalue weighted by molar-refractivity contribution is 0.0698. The van der Waals surface area contributed by atoms with E-state index in [2.05, 4.69) is 4.72 Å².